The van der Waals surface area contributed by atoms with Crippen LogP contribution in [0.4, 0.5) is 4.39 Å². The van der Waals surface area contributed by atoms with Crippen LogP contribution in [0.1, 0.15) is 26.2 Å². The van der Waals surface area contributed by atoms with Crippen LogP contribution in [-0.4, -0.2) is 13.9 Å². The lowest BCUT2D eigenvalue weighted by Gasteiger charge is -2.02. The van der Waals surface area contributed by atoms with Gasteiger partial charge in [0.25, 0.3) is 0 Å². The molecule has 1 atom stereocenters. The minimum absolute atomic E-state index is 0.00926. The number of primary sulfonamides is 1. The molecular formula is C5H12FNO2S. The molecule has 0 aromatic carbocycles. The summed E-state index contributed by atoms with van der Waals surface area (Å²) < 4.78 is 32.9. The van der Waals surface area contributed by atoms with Gasteiger partial charge >= 0.3 is 0 Å². The molecule has 0 radical (unpaired) electrons. The van der Waals surface area contributed by atoms with Gasteiger partial charge in [0.1, 0.15) is 0 Å². The van der Waals surface area contributed by atoms with Gasteiger partial charge in [0.2, 0.25) is 15.5 Å². The molecule has 0 aliphatic heterocycles. The molecule has 0 saturated heterocycles. The SMILES string of the molecule is CCCCC(F)S(N)(=O)=O. The average Bonchev–Trinajstić information content (AvgIpc) is 1.80. The fourth-order valence-electron chi connectivity index (χ4n) is 0.529. The molecule has 0 aliphatic rings. The third-order valence-electron chi connectivity index (χ3n) is 1.14. The van der Waals surface area contributed by atoms with Gasteiger partial charge in [-0.2, -0.15) is 0 Å². The molecule has 0 aliphatic carbocycles. The van der Waals surface area contributed by atoms with Crippen molar-refractivity contribution in [1.82, 2.24) is 0 Å². The van der Waals surface area contributed by atoms with E-state index in [-0.39, 0.29) is 6.42 Å². The second-order valence-electron chi connectivity index (χ2n) is 2.14. The first-order valence-electron chi connectivity index (χ1n) is 3.14. The number of hydrogen-bond acceptors (Lipinski definition) is 2. The number of halogens is 1. The summed E-state index contributed by atoms with van der Waals surface area (Å²) in [5, 5.41) is 4.52. The molecular weight excluding hydrogens is 157 g/mol. The van der Waals surface area contributed by atoms with Crippen molar-refractivity contribution in [3.8, 4) is 0 Å². The predicted octanol–water partition coefficient (Wildman–Crippen LogP) is 0.761. The van der Waals surface area contributed by atoms with Gasteiger partial charge in [0.05, 0.1) is 0 Å². The number of unbranched alkanes of at least 4 members (excludes halogenated alkanes) is 1. The summed E-state index contributed by atoms with van der Waals surface area (Å²) in [4.78, 5) is 0. The van der Waals surface area contributed by atoms with Crippen LogP contribution < -0.4 is 5.14 Å². The molecule has 0 heterocycles. The first kappa shape index (κ1) is 9.84. The third kappa shape index (κ3) is 3.79. The monoisotopic (exact) mass is 169 g/mol. The lowest BCUT2D eigenvalue weighted by atomic mass is 10.3. The number of sulfonamides is 1. The van der Waals surface area contributed by atoms with Crippen molar-refractivity contribution in [2.75, 3.05) is 0 Å². The fourth-order valence-corrected chi connectivity index (χ4v) is 1.02. The highest BCUT2D eigenvalue weighted by Gasteiger charge is 2.18. The van der Waals surface area contributed by atoms with E-state index < -0.39 is 15.5 Å². The Bertz CT molecular complexity index is 178. The summed E-state index contributed by atoms with van der Waals surface area (Å²) in [6.45, 7) is 1.86. The predicted molar refractivity (Wildman–Crippen MR) is 37.5 cm³/mol. The van der Waals surface area contributed by atoms with Crippen LogP contribution in [0.3, 0.4) is 0 Å². The van der Waals surface area contributed by atoms with Gasteiger partial charge in [-0.05, 0) is 12.8 Å². The van der Waals surface area contributed by atoms with Crippen LogP contribution in [0.25, 0.3) is 0 Å². The Labute approximate surface area is 60.5 Å². The van der Waals surface area contributed by atoms with Crippen LogP contribution in [0.15, 0.2) is 0 Å². The molecule has 0 aromatic rings. The Morgan fingerprint density at radius 1 is 1.60 bits per heavy atom. The van der Waals surface area contributed by atoms with E-state index in [1.165, 1.54) is 0 Å². The van der Waals surface area contributed by atoms with Gasteiger partial charge < -0.3 is 0 Å². The van der Waals surface area contributed by atoms with Crippen molar-refractivity contribution in [3.63, 3.8) is 0 Å². The summed E-state index contributed by atoms with van der Waals surface area (Å²) in [5.41, 5.74) is -1.88. The highest BCUT2D eigenvalue weighted by Crippen LogP contribution is 2.07. The van der Waals surface area contributed by atoms with E-state index in [9.17, 15) is 12.8 Å². The minimum Gasteiger partial charge on any atom is -0.229 e. The Hall–Kier alpha value is -0.160. The maximum atomic E-state index is 12.4. The van der Waals surface area contributed by atoms with E-state index in [4.69, 9.17) is 0 Å². The van der Waals surface area contributed by atoms with Crippen molar-refractivity contribution < 1.29 is 12.8 Å². The Kier molecular flexibility index (Phi) is 3.81. The maximum Gasteiger partial charge on any atom is 0.241 e. The molecule has 2 N–H and O–H groups in total. The molecule has 5 heteroatoms. The summed E-state index contributed by atoms with van der Waals surface area (Å²) in [6.07, 6.45) is 1.34. The molecule has 10 heavy (non-hydrogen) atoms. The van der Waals surface area contributed by atoms with Gasteiger partial charge in [-0.15, -0.1) is 0 Å². The third-order valence-corrected chi connectivity index (χ3v) is 2.09. The molecule has 62 valence electrons. The zero-order valence-corrected chi connectivity index (χ0v) is 6.70. The van der Waals surface area contributed by atoms with Crippen LogP contribution >= 0.6 is 0 Å². The molecule has 0 bridgehead atoms. The standard InChI is InChI=1S/C5H12FNO2S/c1-2-3-4-5(6)10(7,8)9/h5H,2-4H2,1H3,(H2,7,8,9). The van der Waals surface area contributed by atoms with Gasteiger partial charge in [-0.3, -0.25) is 0 Å². The van der Waals surface area contributed by atoms with Crippen molar-refractivity contribution in [2.24, 2.45) is 5.14 Å². The van der Waals surface area contributed by atoms with E-state index in [0.29, 0.717) is 6.42 Å². The second kappa shape index (κ2) is 3.88. The summed E-state index contributed by atoms with van der Waals surface area (Å²) >= 11 is 0. The van der Waals surface area contributed by atoms with Gasteiger partial charge in [-0.25, -0.2) is 17.9 Å². The van der Waals surface area contributed by atoms with Crippen LogP contribution in [-0.2, 0) is 10.0 Å². The zero-order chi connectivity index (χ0) is 8.20. The molecule has 1 unspecified atom stereocenters. The molecule has 0 rings (SSSR count). The van der Waals surface area contributed by atoms with Crippen molar-refractivity contribution in [2.45, 2.75) is 31.7 Å². The average molecular weight is 169 g/mol. The Morgan fingerprint density at radius 3 is 2.40 bits per heavy atom. The first-order chi connectivity index (χ1) is 4.48. The summed E-state index contributed by atoms with van der Waals surface area (Å²) in [5.74, 6) is 0. The number of rotatable bonds is 4. The van der Waals surface area contributed by atoms with Crippen LogP contribution in [0.5, 0.6) is 0 Å². The quantitative estimate of drug-likeness (QED) is 0.675. The van der Waals surface area contributed by atoms with Gasteiger partial charge in [0.15, 0.2) is 0 Å². The lowest BCUT2D eigenvalue weighted by molar-refractivity contribution is 0.390. The molecule has 0 fully saturated rings. The van der Waals surface area contributed by atoms with Crippen LogP contribution in [0.2, 0.25) is 0 Å². The van der Waals surface area contributed by atoms with Crippen molar-refractivity contribution in [3.05, 3.63) is 0 Å². The lowest BCUT2D eigenvalue weighted by Crippen LogP contribution is -2.24. The van der Waals surface area contributed by atoms with Crippen molar-refractivity contribution >= 4 is 10.0 Å². The van der Waals surface area contributed by atoms with E-state index in [2.05, 4.69) is 5.14 Å². The number of hydrogen-bond donors (Lipinski definition) is 1. The number of nitrogens with two attached hydrogens (primary N) is 1. The van der Waals surface area contributed by atoms with E-state index in [1.54, 1.807) is 0 Å². The highest BCUT2D eigenvalue weighted by atomic mass is 32.2. The molecule has 0 aromatic heterocycles. The largest absolute Gasteiger partial charge is 0.241 e. The summed E-state index contributed by atoms with van der Waals surface area (Å²) in [6, 6.07) is 0. The zero-order valence-electron chi connectivity index (χ0n) is 5.88. The minimum atomic E-state index is -3.94. The number of alkyl halides is 1. The van der Waals surface area contributed by atoms with Gasteiger partial charge in [0, 0.05) is 0 Å². The fraction of sp³-hybridized carbons (Fsp3) is 1.00. The second-order valence-corrected chi connectivity index (χ2v) is 3.83. The first-order valence-corrected chi connectivity index (χ1v) is 4.75. The van der Waals surface area contributed by atoms with Gasteiger partial charge in [-0.1, -0.05) is 13.3 Å². The smallest absolute Gasteiger partial charge is 0.229 e. The molecule has 3 nitrogen and oxygen atoms in total. The Balaban J connectivity index is 3.75. The molecule has 0 saturated carbocycles. The van der Waals surface area contributed by atoms with Crippen LogP contribution in [0, 0.1) is 0 Å². The van der Waals surface area contributed by atoms with E-state index >= 15 is 0 Å². The molecule has 0 spiro atoms. The summed E-state index contributed by atoms with van der Waals surface area (Å²) in [7, 11) is -3.94. The highest BCUT2D eigenvalue weighted by molar-refractivity contribution is 7.89. The van der Waals surface area contributed by atoms with E-state index in [0.717, 1.165) is 6.42 Å². The van der Waals surface area contributed by atoms with E-state index in [1.807, 2.05) is 6.92 Å². The van der Waals surface area contributed by atoms with Crippen molar-refractivity contribution in [1.29, 1.82) is 0 Å². The molecule has 0 amide bonds. The Morgan fingerprint density at radius 2 is 2.10 bits per heavy atom. The normalized spacial score (nSPS) is 15.1. The maximum absolute atomic E-state index is 12.4. The topological polar surface area (TPSA) is 60.2 Å².